The van der Waals surface area contributed by atoms with Gasteiger partial charge in [-0.05, 0) is 12.8 Å². The van der Waals surface area contributed by atoms with Gasteiger partial charge in [0.25, 0.3) is 5.56 Å². The monoisotopic (exact) mass is 236 g/mol. The molecule has 1 N–H and O–H groups in total. The number of likely N-dealkylation sites (N-methyl/N-ethyl adjacent to an activating group) is 1. The van der Waals surface area contributed by atoms with E-state index in [-0.39, 0.29) is 23.8 Å². The lowest BCUT2D eigenvalue weighted by Gasteiger charge is -2.21. The van der Waals surface area contributed by atoms with Crippen LogP contribution in [-0.2, 0) is 4.79 Å². The molecule has 0 aliphatic carbocycles. The van der Waals surface area contributed by atoms with Crippen molar-refractivity contribution in [2.24, 2.45) is 0 Å². The molecule has 0 aromatic carbocycles. The molecule has 0 radical (unpaired) electrons. The molecule has 0 atom stereocenters. The summed E-state index contributed by atoms with van der Waals surface area (Å²) in [5.41, 5.74) is -0.274. The molecular formula is C11H16N4O2. The Labute approximate surface area is 99.3 Å². The van der Waals surface area contributed by atoms with Crippen LogP contribution in [0.15, 0.2) is 17.2 Å². The van der Waals surface area contributed by atoms with Crippen LogP contribution in [0.25, 0.3) is 0 Å². The summed E-state index contributed by atoms with van der Waals surface area (Å²) >= 11 is 0. The lowest BCUT2D eigenvalue weighted by molar-refractivity contribution is -0.128. The number of aromatic amines is 1. The number of aromatic nitrogens is 2. The number of hydrogen-bond donors (Lipinski definition) is 1. The molecule has 0 saturated carbocycles. The van der Waals surface area contributed by atoms with Gasteiger partial charge in [-0.15, -0.1) is 0 Å². The number of carbonyl (C=O) groups is 1. The van der Waals surface area contributed by atoms with E-state index in [1.54, 1.807) is 11.9 Å². The number of hydrogen-bond acceptors (Lipinski definition) is 4. The van der Waals surface area contributed by atoms with Crippen LogP contribution >= 0.6 is 0 Å². The van der Waals surface area contributed by atoms with Gasteiger partial charge in [-0.25, -0.2) is 4.98 Å². The van der Waals surface area contributed by atoms with E-state index < -0.39 is 0 Å². The van der Waals surface area contributed by atoms with Crippen LogP contribution in [0.1, 0.15) is 12.8 Å². The minimum absolute atomic E-state index is 0.0510. The first kappa shape index (κ1) is 11.6. The highest BCUT2D eigenvalue weighted by molar-refractivity contribution is 5.81. The van der Waals surface area contributed by atoms with E-state index in [1.165, 1.54) is 12.4 Å². The fourth-order valence-corrected chi connectivity index (χ4v) is 1.96. The summed E-state index contributed by atoms with van der Waals surface area (Å²) in [6, 6.07) is 0. The Balaban J connectivity index is 2.01. The van der Waals surface area contributed by atoms with E-state index in [9.17, 15) is 9.59 Å². The summed E-state index contributed by atoms with van der Waals surface area (Å²) in [5.74, 6) is 0.329. The molecule has 1 aliphatic heterocycles. The summed E-state index contributed by atoms with van der Waals surface area (Å²) in [6.07, 6.45) is 5.12. The van der Waals surface area contributed by atoms with E-state index >= 15 is 0 Å². The minimum Gasteiger partial charge on any atom is -0.346 e. The lowest BCUT2D eigenvalue weighted by atomic mass is 10.4. The Morgan fingerprint density at radius 3 is 2.88 bits per heavy atom. The molecule has 2 heterocycles. The second-order valence-electron chi connectivity index (χ2n) is 4.19. The number of amides is 1. The zero-order valence-corrected chi connectivity index (χ0v) is 9.85. The predicted octanol–water partition coefficient (Wildman–Crippen LogP) is -0.172. The third-order valence-corrected chi connectivity index (χ3v) is 2.88. The fourth-order valence-electron chi connectivity index (χ4n) is 1.96. The average Bonchev–Trinajstić information content (AvgIpc) is 2.82. The van der Waals surface area contributed by atoms with Crippen LogP contribution in [0.4, 0.5) is 5.82 Å². The maximum Gasteiger partial charge on any atom is 0.290 e. The van der Waals surface area contributed by atoms with Gasteiger partial charge in [-0.1, -0.05) is 0 Å². The Morgan fingerprint density at radius 2 is 2.24 bits per heavy atom. The zero-order chi connectivity index (χ0) is 12.3. The fraction of sp³-hybridized carbons (Fsp3) is 0.545. The van der Waals surface area contributed by atoms with Crippen LogP contribution in [-0.4, -0.2) is 47.5 Å². The van der Waals surface area contributed by atoms with Crippen molar-refractivity contribution in [2.45, 2.75) is 12.8 Å². The van der Waals surface area contributed by atoms with E-state index in [4.69, 9.17) is 0 Å². The molecule has 0 spiro atoms. The van der Waals surface area contributed by atoms with Crippen molar-refractivity contribution in [1.29, 1.82) is 0 Å². The van der Waals surface area contributed by atoms with Gasteiger partial charge in [0, 0.05) is 32.5 Å². The van der Waals surface area contributed by atoms with Gasteiger partial charge in [0.15, 0.2) is 5.82 Å². The summed E-state index contributed by atoms with van der Waals surface area (Å²) in [5, 5.41) is 0. The number of likely N-dealkylation sites (tertiary alicyclic amines) is 1. The van der Waals surface area contributed by atoms with Crippen LogP contribution in [0.2, 0.25) is 0 Å². The SMILES string of the molecule is CN(CC(=O)N1CCCC1)c1ncc[nH]c1=O. The van der Waals surface area contributed by atoms with E-state index in [0.29, 0.717) is 0 Å². The Morgan fingerprint density at radius 1 is 1.53 bits per heavy atom. The molecule has 0 unspecified atom stereocenters. The van der Waals surface area contributed by atoms with E-state index in [1.807, 2.05) is 4.90 Å². The molecule has 6 nitrogen and oxygen atoms in total. The third-order valence-electron chi connectivity index (χ3n) is 2.88. The minimum atomic E-state index is -0.274. The first-order chi connectivity index (χ1) is 8.18. The van der Waals surface area contributed by atoms with Crippen molar-refractivity contribution in [1.82, 2.24) is 14.9 Å². The molecule has 17 heavy (non-hydrogen) atoms. The number of carbonyl (C=O) groups excluding carboxylic acids is 1. The number of H-pyrrole nitrogens is 1. The smallest absolute Gasteiger partial charge is 0.290 e. The second-order valence-corrected chi connectivity index (χ2v) is 4.19. The van der Waals surface area contributed by atoms with Crippen molar-refractivity contribution in [3.05, 3.63) is 22.7 Å². The van der Waals surface area contributed by atoms with Gasteiger partial charge in [0.05, 0.1) is 6.54 Å². The standard InChI is InChI=1S/C11H16N4O2/c1-14(10-11(17)13-5-4-12-10)8-9(16)15-6-2-3-7-15/h4-5H,2-3,6-8H2,1H3,(H,13,17). The van der Waals surface area contributed by atoms with E-state index in [0.717, 1.165) is 25.9 Å². The normalized spacial score (nSPS) is 15.0. The highest BCUT2D eigenvalue weighted by atomic mass is 16.2. The highest BCUT2D eigenvalue weighted by Crippen LogP contribution is 2.08. The molecule has 1 aromatic heterocycles. The molecule has 2 rings (SSSR count). The van der Waals surface area contributed by atoms with Gasteiger partial charge < -0.3 is 14.8 Å². The molecular weight excluding hydrogens is 220 g/mol. The third kappa shape index (κ3) is 2.64. The zero-order valence-electron chi connectivity index (χ0n) is 9.85. The first-order valence-electron chi connectivity index (χ1n) is 5.71. The van der Waals surface area contributed by atoms with Crippen molar-refractivity contribution in [3.63, 3.8) is 0 Å². The van der Waals surface area contributed by atoms with Gasteiger partial charge >= 0.3 is 0 Å². The molecule has 1 fully saturated rings. The Kier molecular flexibility index (Phi) is 3.41. The number of anilines is 1. The number of nitrogens with one attached hydrogen (secondary N) is 1. The highest BCUT2D eigenvalue weighted by Gasteiger charge is 2.20. The van der Waals surface area contributed by atoms with Gasteiger partial charge in [0.1, 0.15) is 0 Å². The van der Waals surface area contributed by atoms with Crippen molar-refractivity contribution >= 4 is 11.7 Å². The average molecular weight is 236 g/mol. The first-order valence-corrected chi connectivity index (χ1v) is 5.71. The molecule has 1 aliphatic rings. The maximum absolute atomic E-state index is 11.9. The van der Waals surface area contributed by atoms with Crippen molar-refractivity contribution in [3.8, 4) is 0 Å². The van der Waals surface area contributed by atoms with Crippen LogP contribution in [0.5, 0.6) is 0 Å². The molecule has 6 heteroatoms. The quantitative estimate of drug-likeness (QED) is 0.791. The summed E-state index contributed by atoms with van der Waals surface area (Å²) in [6.45, 7) is 1.84. The molecule has 0 bridgehead atoms. The van der Waals surface area contributed by atoms with Crippen molar-refractivity contribution < 1.29 is 4.79 Å². The molecule has 1 aromatic rings. The van der Waals surface area contributed by atoms with E-state index in [2.05, 4.69) is 9.97 Å². The summed E-state index contributed by atoms with van der Waals surface area (Å²) in [7, 11) is 1.70. The summed E-state index contributed by atoms with van der Waals surface area (Å²) < 4.78 is 0. The predicted molar refractivity (Wildman–Crippen MR) is 63.9 cm³/mol. The Hall–Kier alpha value is -1.85. The van der Waals surface area contributed by atoms with Crippen LogP contribution < -0.4 is 10.5 Å². The van der Waals surface area contributed by atoms with Crippen LogP contribution in [0.3, 0.4) is 0 Å². The molecule has 92 valence electrons. The largest absolute Gasteiger partial charge is 0.346 e. The number of nitrogens with zero attached hydrogens (tertiary/aromatic N) is 3. The van der Waals surface area contributed by atoms with Gasteiger partial charge in [-0.3, -0.25) is 9.59 Å². The molecule has 1 amide bonds. The van der Waals surface area contributed by atoms with Crippen LogP contribution in [0, 0.1) is 0 Å². The molecule has 1 saturated heterocycles. The van der Waals surface area contributed by atoms with Gasteiger partial charge in [-0.2, -0.15) is 0 Å². The summed E-state index contributed by atoms with van der Waals surface area (Å²) in [4.78, 5) is 33.3. The van der Waals surface area contributed by atoms with Crippen molar-refractivity contribution in [2.75, 3.05) is 31.6 Å². The topological polar surface area (TPSA) is 69.3 Å². The maximum atomic E-state index is 11.9. The second kappa shape index (κ2) is 4.99. The number of rotatable bonds is 3. The lowest BCUT2D eigenvalue weighted by Crippen LogP contribution is -2.39. The Bertz CT molecular complexity index is 451. The van der Waals surface area contributed by atoms with Gasteiger partial charge in [0.2, 0.25) is 5.91 Å².